The van der Waals surface area contributed by atoms with E-state index in [0.29, 0.717) is 23.4 Å². The Hall–Kier alpha value is -1.84. The number of benzene rings is 2. The number of anilines is 1. The van der Waals surface area contributed by atoms with Crippen LogP contribution in [0.4, 0.5) is 5.69 Å². The van der Waals surface area contributed by atoms with E-state index in [4.69, 9.17) is 11.6 Å². The molecule has 3 rings (SSSR count). The Morgan fingerprint density at radius 3 is 2.90 bits per heavy atom. The normalized spacial score (nSPS) is 14.7. The maximum absolute atomic E-state index is 11.4. The van der Waals surface area contributed by atoms with Crippen molar-refractivity contribution in [1.82, 2.24) is 0 Å². The lowest BCUT2D eigenvalue weighted by Gasteiger charge is -2.15. The number of rotatable bonds is 3. The van der Waals surface area contributed by atoms with Crippen molar-refractivity contribution in [3.8, 4) is 0 Å². The molecule has 0 aromatic heterocycles. The number of aryl methyl sites for hydroxylation is 1. The first-order chi connectivity index (χ1) is 10.0. The number of fused-ring (bicyclic) bond motifs is 1. The molecular formula is C17H16ClNO2. The summed E-state index contributed by atoms with van der Waals surface area (Å²) in [7, 11) is 0. The number of hydrogen-bond donors (Lipinski definition) is 2. The summed E-state index contributed by atoms with van der Waals surface area (Å²) in [5.41, 5.74) is 4.54. The van der Waals surface area contributed by atoms with Crippen LogP contribution in [0.3, 0.4) is 0 Å². The molecule has 0 fully saturated rings. The molecule has 3 nitrogen and oxygen atoms in total. The maximum Gasteiger partial charge on any atom is 0.228 e. The number of amides is 1. The highest BCUT2D eigenvalue weighted by molar-refractivity contribution is 6.32. The molecule has 1 aliphatic heterocycles. The minimum absolute atomic E-state index is 0.0357. The van der Waals surface area contributed by atoms with Gasteiger partial charge >= 0.3 is 0 Å². The first-order valence-corrected chi connectivity index (χ1v) is 7.26. The zero-order valence-corrected chi connectivity index (χ0v) is 12.4. The van der Waals surface area contributed by atoms with E-state index in [0.717, 1.165) is 22.4 Å². The molecule has 1 heterocycles. The van der Waals surface area contributed by atoms with E-state index >= 15 is 0 Å². The fourth-order valence-corrected chi connectivity index (χ4v) is 2.98. The highest BCUT2D eigenvalue weighted by atomic mass is 35.5. The van der Waals surface area contributed by atoms with Gasteiger partial charge in [0.25, 0.3) is 0 Å². The van der Waals surface area contributed by atoms with Gasteiger partial charge in [-0.25, -0.2) is 0 Å². The average Bonchev–Trinajstić information content (AvgIpc) is 2.76. The lowest BCUT2D eigenvalue weighted by molar-refractivity contribution is -0.115. The molecule has 108 valence electrons. The van der Waals surface area contributed by atoms with Gasteiger partial charge in [-0.15, -0.1) is 0 Å². The second kappa shape index (κ2) is 5.51. The molecule has 1 unspecified atom stereocenters. The molecule has 0 saturated heterocycles. The van der Waals surface area contributed by atoms with Gasteiger partial charge < -0.3 is 10.4 Å². The second-order valence-electron chi connectivity index (χ2n) is 5.46. The van der Waals surface area contributed by atoms with Gasteiger partial charge in [0.05, 0.1) is 12.5 Å². The summed E-state index contributed by atoms with van der Waals surface area (Å²) in [5, 5.41) is 13.7. The van der Waals surface area contributed by atoms with Gasteiger partial charge in [0.15, 0.2) is 0 Å². The van der Waals surface area contributed by atoms with Crippen molar-refractivity contribution >= 4 is 23.2 Å². The third kappa shape index (κ3) is 2.94. The van der Waals surface area contributed by atoms with E-state index in [9.17, 15) is 9.90 Å². The van der Waals surface area contributed by atoms with Crippen molar-refractivity contribution in [3.05, 3.63) is 63.7 Å². The SMILES string of the molecule is Cc1cccc(CC(O)c2cc3c(cc2Cl)NC(=O)C3)c1. The molecule has 2 N–H and O–H groups in total. The lowest BCUT2D eigenvalue weighted by Crippen LogP contribution is -2.03. The van der Waals surface area contributed by atoms with Crippen molar-refractivity contribution in [3.63, 3.8) is 0 Å². The second-order valence-corrected chi connectivity index (χ2v) is 5.87. The van der Waals surface area contributed by atoms with Crippen LogP contribution in [0.25, 0.3) is 0 Å². The van der Waals surface area contributed by atoms with Crippen LogP contribution >= 0.6 is 11.6 Å². The number of aliphatic hydroxyl groups is 1. The van der Waals surface area contributed by atoms with Crippen LogP contribution in [0.1, 0.15) is 28.4 Å². The summed E-state index contributed by atoms with van der Waals surface area (Å²) in [6.07, 6.45) is 0.165. The molecule has 21 heavy (non-hydrogen) atoms. The highest BCUT2D eigenvalue weighted by Gasteiger charge is 2.22. The third-order valence-corrected chi connectivity index (χ3v) is 4.05. The number of carbonyl (C=O) groups is 1. The van der Waals surface area contributed by atoms with E-state index in [1.165, 1.54) is 0 Å². The molecule has 0 saturated carbocycles. The first kappa shape index (κ1) is 14.1. The highest BCUT2D eigenvalue weighted by Crippen LogP contribution is 2.34. The van der Waals surface area contributed by atoms with Crippen LogP contribution in [0.2, 0.25) is 5.02 Å². The predicted octanol–water partition coefficient (Wildman–Crippen LogP) is 3.42. The van der Waals surface area contributed by atoms with Gasteiger partial charge in [-0.1, -0.05) is 41.4 Å². The Kier molecular flexibility index (Phi) is 3.70. The van der Waals surface area contributed by atoms with E-state index in [1.807, 2.05) is 31.2 Å². The van der Waals surface area contributed by atoms with Gasteiger partial charge in [0.1, 0.15) is 0 Å². The molecule has 0 aliphatic carbocycles. The lowest BCUT2D eigenvalue weighted by atomic mass is 9.98. The van der Waals surface area contributed by atoms with Crippen LogP contribution in [-0.2, 0) is 17.6 Å². The van der Waals surface area contributed by atoms with Crippen molar-refractivity contribution < 1.29 is 9.90 Å². The summed E-state index contributed by atoms with van der Waals surface area (Å²) in [5.74, 6) is -0.0357. The van der Waals surface area contributed by atoms with Crippen LogP contribution in [0.15, 0.2) is 36.4 Å². The van der Waals surface area contributed by atoms with Crippen LogP contribution in [0.5, 0.6) is 0 Å². The Labute approximate surface area is 128 Å². The van der Waals surface area contributed by atoms with Crippen LogP contribution in [0, 0.1) is 6.92 Å². The number of aliphatic hydroxyl groups excluding tert-OH is 1. The first-order valence-electron chi connectivity index (χ1n) is 6.88. The number of nitrogens with one attached hydrogen (secondary N) is 1. The van der Waals surface area contributed by atoms with E-state index in [2.05, 4.69) is 11.4 Å². The zero-order valence-electron chi connectivity index (χ0n) is 11.7. The van der Waals surface area contributed by atoms with Crippen molar-refractivity contribution in [1.29, 1.82) is 0 Å². The molecular weight excluding hydrogens is 286 g/mol. The van der Waals surface area contributed by atoms with E-state index in [1.54, 1.807) is 6.07 Å². The van der Waals surface area contributed by atoms with Gasteiger partial charge in [-0.2, -0.15) is 0 Å². The molecule has 4 heteroatoms. The maximum atomic E-state index is 11.4. The summed E-state index contributed by atoms with van der Waals surface area (Å²) < 4.78 is 0. The summed E-state index contributed by atoms with van der Waals surface area (Å²) in [6.45, 7) is 2.02. The monoisotopic (exact) mass is 301 g/mol. The molecule has 2 aromatic carbocycles. The van der Waals surface area contributed by atoms with E-state index < -0.39 is 6.10 Å². The average molecular weight is 302 g/mol. The Bertz CT molecular complexity index is 712. The van der Waals surface area contributed by atoms with E-state index in [-0.39, 0.29) is 5.91 Å². The minimum atomic E-state index is -0.680. The fraction of sp³-hybridized carbons (Fsp3) is 0.235. The molecule has 2 aromatic rings. The zero-order chi connectivity index (χ0) is 15.0. The topological polar surface area (TPSA) is 49.3 Å². The van der Waals surface area contributed by atoms with Crippen molar-refractivity contribution in [2.45, 2.75) is 25.9 Å². The summed E-state index contributed by atoms with van der Waals surface area (Å²) in [4.78, 5) is 11.4. The molecule has 0 spiro atoms. The van der Waals surface area contributed by atoms with Gasteiger partial charge in [0, 0.05) is 17.1 Å². The van der Waals surface area contributed by atoms with Crippen molar-refractivity contribution in [2.75, 3.05) is 5.32 Å². The van der Waals surface area contributed by atoms with Gasteiger partial charge in [-0.05, 0) is 35.7 Å². The minimum Gasteiger partial charge on any atom is -0.388 e. The van der Waals surface area contributed by atoms with Gasteiger partial charge in [0.2, 0.25) is 5.91 Å². The largest absolute Gasteiger partial charge is 0.388 e. The number of halogens is 1. The quantitative estimate of drug-likeness (QED) is 0.912. The third-order valence-electron chi connectivity index (χ3n) is 3.72. The molecule has 1 aliphatic rings. The smallest absolute Gasteiger partial charge is 0.228 e. The van der Waals surface area contributed by atoms with Gasteiger partial charge in [-0.3, -0.25) is 4.79 Å². The van der Waals surface area contributed by atoms with Crippen LogP contribution < -0.4 is 5.32 Å². The molecule has 1 atom stereocenters. The van der Waals surface area contributed by atoms with Crippen LogP contribution in [-0.4, -0.2) is 11.0 Å². The predicted molar refractivity (Wildman–Crippen MR) is 83.6 cm³/mol. The summed E-state index contributed by atoms with van der Waals surface area (Å²) in [6, 6.07) is 11.6. The Morgan fingerprint density at radius 1 is 1.33 bits per heavy atom. The van der Waals surface area contributed by atoms with Crippen molar-refractivity contribution in [2.24, 2.45) is 0 Å². The molecule has 0 bridgehead atoms. The summed E-state index contributed by atoms with van der Waals surface area (Å²) >= 11 is 6.24. The Morgan fingerprint density at radius 2 is 2.14 bits per heavy atom. The fourth-order valence-electron chi connectivity index (χ4n) is 2.69. The Balaban J connectivity index is 1.87. The standard InChI is InChI=1S/C17H16ClNO2/c1-10-3-2-4-11(5-10)6-16(20)13-7-12-8-17(21)19-15(12)9-14(13)18/h2-5,7,9,16,20H,6,8H2,1H3,(H,19,21). The number of carbonyl (C=O) groups excluding carboxylic acids is 1. The molecule has 1 amide bonds. The molecule has 0 radical (unpaired) electrons. The number of hydrogen-bond acceptors (Lipinski definition) is 2.